The van der Waals surface area contributed by atoms with E-state index in [-0.39, 0.29) is 11.1 Å². The number of rotatable bonds is 1. The molecule has 0 N–H and O–H groups in total. The number of aldehydes is 1. The molecule has 0 aliphatic rings. The highest BCUT2D eigenvalue weighted by Crippen LogP contribution is 2.06. The molecule has 0 fully saturated rings. The summed E-state index contributed by atoms with van der Waals surface area (Å²) in [6, 6.07) is 0. The molecule has 0 aliphatic heterocycles. The number of hydrogen-bond acceptors (Lipinski definition) is 3. The zero-order chi connectivity index (χ0) is 5.98. The van der Waals surface area contributed by atoms with E-state index in [1.807, 2.05) is 0 Å². The first-order valence-electron chi connectivity index (χ1n) is 1.89. The molecular formula is C4H2ClNO2. The molecule has 0 saturated carbocycles. The van der Waals surface area contributed by atoms with Crippen LogP contribution in [-0.4, -0.2) is 11.3 Å². The first kappa shape index (κ1) is 5.31. The van der Waals surface area contributed by atoms with Gasteiger partial charge in [-0.3, -0.25) is 4.79 Å². The molecule has 1 aromatic heterocycles. The van der Waals surface area contributed by atoms with Gasteiger partial charge in [0.1, 0.15) is 0 Å². The van der Waals surface area contributed by atoms with E-state index in [9.17, 15) is 4.79 Å². The standard InChI is InChI=1S/C4H2ClNO2/c5-3-1-6-4(2-7)8-3/h1-2H. The molecule has 1 rings (SSSR count). The van der Waals surface area contributed by atoms with Crippen LogP contribution in [0.1, 0.15) is 10.7 Å². The third-order valence-electron chi connectivity index (χ3n) is 0.596. The molecular weight excluding hydrogens is 130 g/mol. The van der Waals surface area contributed by atoms with Gasteiger partial charge in [0.15, 0.2) is 0 Å². The highest BCUT2D eigenvalue weighted by molar-refractivity contribution is 6.28. The van der Waals surface area contributed by atoms with Crippen LogP contribution < -0.4 is 0 Å². The van der Waals surface area contributed by atoms with Crippen LogP contribution in [-0.2, 0) is 0 Å². The number of halogens is 1. The molecule has 4 heteroatoms. The van der Waals surface area contributed by atoms with Crippen LogP contribution in [0.3, 0.4) is 0 Å². The Morgan fingerprint density at radius 3 is 2.88 bits per heavy atom. The Morgan fingerprint density at radius 2 is 2.62 bits per heavy atom. The lowest BCUT2D eigenvalue weighted by atomic mass is 10.8. The van der Waals surface area contributed by atoms with E-state index in [1.165, 1.54) is 6.20 Å². The summed E-state index contributed by atoms with van der Waals surface area (Å²) in [7, 11) is 0. The van der Waals surface area contributed by atoms with Crippen molar-refractivity contribution in [2.45, 2.75) is 0 Å². The van der Waals surface area contributed by atoms with Crippen LogP contribution >= 0.6 is 11.6 Å². The minimum atomic E-state index is 0.00926. The van der Waals surface area contributed by atoms with E-state index in [0.29, 0.717) is 6.29 Å². The van der Waals surface area contributed by atoms with Crippen molar-refractivity contribution >= 4 is 17.9 Å². The first-order chi connectivity index (χ1) is 3.83. The molecule has 0 atom stereocenters. The normalized spacial score (nSPS) is 9.12. The fourth-order valence-corrected chi connectivity index (χ4v) is 0.449. The van der Waals surface area contributed by atoms with Crippen LogP contribution in [0.25, 0.3) is 0 Å². The van der Waals surface area contributed by atoms with E-state index < -0.39 is 0 Å². The highest BCUT2D eigenvalue weighted by atomic mass is 35.5. The van der Waals surface area contributed by atoms with Gasteiger partial charge in [0.25, 0.3) is 5.89 Å². The number of hydrogen-bond donors (Lipinski definition) is 0. The van der Waals surface area contributed by atoms with Crippen LogP contribution in [0.5, 0.6) is 0 Å². The Labute approximate surface area is 50.3 Å². The van der Waals surface area contributed by atoms with Gasteiger partial charge in [0.2, 0.25) is 11.5 Å². The summed E-state index contributed by atoms with van der Waals surface area (Å²) in [5.41, 5.74) is 0. The molecule has 3 nitrogen and oxygen atoms in total. The number of aromatic nitrogens is 1. The van der Waals surface area contributed by atoms with Crippen molar-refractivity contribution in [1.29, 1.82) is 0 Å². The van der Waals surface area contributed by atoms with Crippen molar-refractivity contribution in [2.24, 2.45) is 0 Å². The van der Waals surface area contributed by atoms with Gasteiger partial charge in [-0.25, -0.2) is 4.98 Å². The summed E-state index contributed by atoms with van der Waals surface area (Å²) >= 11 is 5.25. The van der Waals surface area contributed by atoms with Gasteiger partial charge in [-0.15, -0.1) is 0 Å². The minimum Gasteiger partial charge on any atom is -0.422 e. The van der Waals surface area contributed by atoms with E-state index in [2.05, 4.69) is 9.40 Å². The van der Waals surface area contributed by atoms with E-state index in [1.54, 1.807) is 0 Å². The van der Waals surface area contributed by atoms with Crippen molar-refractivity contribution < 1.29 is 9.21 Å². The number of carbonyl (C=O) groups excluding carboxylic acids is 1. The molecule has 1 aromatic rings. The molecule has 1 heterocycles. The van der Waals surface area contributed by atoms with Gasteiger partial charge in [-0.2, -0.15) is 0 Å². The third kappa shape index (κ3) is 0.869. The maximum absolute atomic E-state index is 9.80. The molecule has 0 aromatic carbocycles. The summed E-state index contributed by atoms with van der Waals surface area (Å²) < 4.78 is 4.52. The summed E-state index contributed by atoms with van der Waals surface area (Å²) in [6.07, 6.45) is 1.76. The summed E-state index contributed by atoms with van der Waals surface area (Å²) in [6.45, 7) is 0. The van der Waals surface area contributed by atoms with Gasteiger partial charge in [0.05, 0.1) is 6.20 Å². The van der Waals surface area contributed by atoms with Gasteiger partial charge in [-0.1, -0.05) is 0 Å². The first-order valence-corrected chi connectivity index (χ1v) is 2.27. The smallest absolute Gasteiger partial charge is 0.261 e. The fourth-order valence-electron chi connectivity index (χ4n) is 0.321. The van der Waals surface area contributed by atoms with Gasteiger partial charge < -0.3 is 4.42 Å². The maximum atomic E-state index is 9.80. The molecule has 0 amide bonds. The van der Waals surface area contributed by atoms with Gasteiger partial charge >= 0.3 is 0 Å². The Bertz CT molecular complexity index is 196. The monoisotopic (exact) mass is 131 g/mol. The highest BCUT2D eigenvalue weighted by Gasteiger charge is 1.95. The van der Waals surface area contributed by atoms with Crippen LogP contribution in [0.15, 0.2) is 10.6 Å². The van der Waals surface area contributed by atoms with Crippen LogP contribution in [0, 0.1) is 0 Å². The fraction of sp³-hybridized carbons (Fsp3) is 0. The number of oxazole rings is 1. The SMILES string of the molecule is O=Cc1ncc(Cl)o1. The molecule has 0 saturated heterocycles. The number of carbonyl (C=O) groups is 1. The topological polar surface area (TPSA) is 43.1 Å². The Kier molecular flexibility index (Phi) is 1.30. The lowest BCUT2D eigenvalue weighted by molar-refractivity contribution is 0.109. The quantitative estimate of drug-likeness (QED) is 0.537. The van der Waals surface area contributed by atoms with Crippen molar-refractivity contribution in [2.75, 3.05) is 0 Å². The second-order valence-corrected chi connectivity index (χ2v) is 1.49. The Morgan fingerprint density at radius 1 is 1.88 bits per heavy atom. The maximum Gasteiger partial charge on any atom is 0.261 e. The van der Waals surface area contributed by atoms with Crippen molar-refractivity contribution in [1.82, 2.24) is 4.98 Å². The minimum absolute atomic E-state index is 0.00926. The van der Waals surface area contributed by atoms with Gasteiger partial charge in [0, 0.05) is 0 Å². The van der Waals surface area contributed by atoms with Crippen molar-refractivity contribution in [3.8, 4) is 0 Å². The van der Waals surface area contributed by atoms with E-state index >= 15 is 0 Å². The molecule has 0 spiro atoms. The zero-order valence-corrected chi connectivity index (χ0v) is 4.55. The molecule has 0 bridgehead atoms. The number of nitrogens with zero attached hydrogens (tertiary/aromatic N) is 1. The predicted molar refractivity (Wildman–Crippen MR) is 26.9 cm³/mol. The lowest BCUT2D eigenvalue weighted by Crippen LogP contribution is -1.72. The van der Waals surface area contributed by atoms with Crippen LogP contribution in [0.4, 0.5) is 0 Å². The van der Waals surface area contributed by atoms with Crippen molar-refractivity contribution in [3.05, 3.63) is 17.3 Å². The van der Waals surface area contributed by atoms with Gasteiger partial charge in [-0.05, 0) is 11.6 Å². The molecule has 42 valence electrons. The molecule has 0 unspecified atom stereocenters. The lowest BCUT2D eigenvalue weighted by Gasteiger charge is -1.70. The molecule has 8 heavy (non-hydrogen) atoms. The molecule has 0 radical (unpaired) electrons. The zero-order valence-electron chi connectivity index (χ0n) is 3.80. The Balaban J connectivity index is 3.00. The second kappa shape index (κ2) is 1.96. The average Bonchev–Trinajstić information content (AvgIpc) is 2.14. The van der Waals surface area contributed by atoms with E-state index in [4.69, 9.17) is 11.6 Å². The van der Waals surface area contributed by atoms with Crippen LogP contribution in [0.2, 0.25) is 5.22 Å². The Hall–Kier alpha value is -0.830. The molecule has 0 aliphatic carbocycles. The predicted octanol–water partition coefficient (Wildman–Crippen LogP) is 1.14. The average molecular weight is 132 g/mol. The third-order valence-corrected chi connectivity index (χ3v) is 0.771. The summed E-state index contributed by atoms with van der Waals surface area (Å²) in [5.74, 6) is 0.00926. The van der Waals surface area contributed by atoms with Crippen molar-refractivity contribution in [3.63, 3.8) is 0 Å². The van der Waals surface area contributed by atoms with E-state index in [0.717, 1.165) is 0 Å². The summed E-state index contributed by atoms with van der Waals surface area (Å²) in [5, 5.41) is 0.132. The largest absolute Gasteiger partial charge is 0.422 e. The second-order valence-electron chi connectivity index (χ2n) is 1.12. The summed E-state index contributed by atoms with van der Waals surface area (Å²) in [4.78, 5) is 13.3.